The van der Waals surface area contributed by atoms with Gasteiger partial charge in [-0.25, -0.2) is 9.78 Å². The van der Waals surface area contributed by atoms with E-state index >= 15 is 0 Å². The zero-order valence-electron chi connectivity index (χ0n) is 18.3. The van der Waals surface area contributed by atoms with Crippen molar-refractivity contribution in [2.45, 2.75) is 6.54 Å². The fourth-order valence-corrected chi connectivity index (χ4v) is 4.28. The van der Waals surface area contributed by atoms with Crippen molar-refractivity contribution in [3.05, 3.63) is 112 Å². The highest BCUT2D eigenvalue weighted by Gasteiger charge is 2.23. The Morgan fingerprint density at radius 3 is 2.43 bits per heavy atom. The van der Waals surface area contributed by atoms with Crippen LogP contribution in [-0.2, 0) is 6.54 Å². The first-order chi connectivity index (χ1) is 16.9. The fourth-order valence-electron chi connectivity index (χ4n) is 4.10. The molecule has 1 aliphatic heterocycles. The zero-order chi connectivity index (χ0) is 24.5. The number of pyridine rings is 1. The van der Waals surface area contributed by atoms with Gasteiger partial charge in [0.15, 0.2) is 0 Å². The number of carbonyl (C=O) groups excluding carboxylic acids is 1. The second kappa shape index (κ2) is 9.04. The van der Waals surface area contributed by atoms with Crippen molar-refractivity contribution < 1.29 is 14.7 Å². The standard InChI is InChI=1S/C27H19ClN4O3/c28-17-7-10-19-22-12-24(32-18-8-5-15(6-9-18)27(34)35)30-13-16(22)14-31-25(23(19)11-17)20-3-1-2-4-21(20)26(29)33/h1-13H,14H2,(H2,29,33)(H,30,32)(H,34,35). The molecule has 0 atom stereocenters. The number of halogens is 1. The Balaban J connectivity index is 1.59. The van der Waals surface area contributed by atoms with Crippen molar-refractivity contribution in [3.63, 3.8) is 0 Å². The summed E-state index contributed by atoms with van der Waals surface area (Å²) in [5, 5.41) is 12.9. The van der Waals surface area contributed by atoms with Crippen LogP contribution < -0.4 is 11.1 Å². The van der Waals surface area contributed by atoms with Crippen LogP contribution in [0.25, 0.3) is 11.1 Å². The van der Waals surface area contributed by atoms with Crippen LogP contribution in [0.3, 0.4) is 0 Å². The Labute approximate surface area is 205 Å². The molecular weight excluding hydrogens is 464 g/mol. The van der Waals surface area contributed by atoms with Crippen molar-refractivity contribution >= 4 is 40.7 Å². The number of anilines is 2. The van der Waals surface area contributed by atoms with E-state index in [4.69, 9.17) is 27.4 Å². The van der Waals surface area contributed by atoms with Crippen LogP contribution in [0.4, 0.5) is 11.5 Å². The van der Waals surface area contributed by atoms with Gasteiger partial charge in [0.2, 0.25) is 5.91 Å². The molecule has 8 heteroatoms. The Hall–Kier alpha value is -4.49. The molecule has 172 valence electrons. The summed E-state index contributed by atoms with van der Waals surface area (Å²) in [6, 6.07) is 21.0. The van der Waals surface area contributed by atoms with Crippen molar-refractivity contribution in [1.82, 2.24) is 4.98 Å². The summed E-state index contributed by atoms with van der Waals surface area (Å²) in [7, 11) is 0. The lowest BCUT2D eigenvalue weighted by atomic mass is 9.91. The minimum atomic E-state index is -0.983. The number of nitrogens with zero attached hydrogens (tertiary/aromatic N) is 2. The third-order valence-corrected chi connectivity index (χ3v) is 6.01. The van der Waals surface area contributed by atoms with Crippen LogP contribution in [0.2, 0.25) is 5.02 Å². The van der Waals surface area contributed by atoms with Crippen LogP contribution in [0, 0.1) is 0 Å². The van der Waals surface area contributed by atoms with Gasteiger partial charge in [-0.2, -0.15) is 0 Å². The molecular formula is C27H19ClN4O3. The first kappa shape index (κ1) is 22.3. The molecule has 5 rings (SSSR count). The summed E-state index contributed by atoms with van der Waals surface area (Å²) < 4.78 is 0. The maximum absolute atomic E-state index is 12.1. The van der Waals surface area contributed by atoms with Gasteiger partial charge in [-0.1, -0.05) is 35.9 Å². The van der Waals surface area contributed by atoms with Gasteiger partial charge in [-0.05, 0) is 65.2 Å². The highest BCUT2D eigenvalue weighted by atomic mass is 35.5. The van der Waals surface area contributed by atoms with E-state index in [0.717, 1.165) is 22.3 Å². The van der Waals surface area contributed by atoms with Crippen LogP contribution in [0.15, 0.2) is 84.0 Å². The van der Waals surface area contributed by atoms with E-state index in [1.807, 2.05) is 36.4 Å². The molecule has 0 fully saturated rings. The van der Waals surface area contributed by atoms with E-state index in [9.17, 15) is 9.59 Å². The molecule has 1 aliphatic rings. The molecule has 35 heavy (non-hydrogen) atoms. The minimum Gasteiger partial charge on any atom is -0.478 e. The molecule has 0 saturated carbocycles. The number of carboxylic acids is 1. The highest BCUT2D eigenvalue weighted by Crippen LogP contribution is 2.36. The molecule has 0 spiro atoms. The maximum Gasteiger partial charge on any atom is 0.335 e. The van der Waals surface area contributed by atoms with Crippen LogP contribution in [0.1, 0.15) is 37.4 Å². The lowest BCUT2D eigenvalue weighted by Gasteiger charge is -2.15. The van der Waals surface area contributed by atoms with Gasteiger partial charge in [0.1, 0.15) is 5.82 Å². The van der Waals surface area contributed by atoms with Crippen LogP contribution in [-0.4, -0.2) is 27.7 Å². The van der Waals surface area contributed by atoms with Gasteiger partial charge < -0.3 is 16.2 Å². The number of carbonyl (C=O) groups is 2. The number of nitrogens with two attached hydrogens (primary N) is 1. The number of rotatable bonds is 5. The Morgan fingerprint density at radius 1 is 0.914 bits per heavy atom. The van der Waals surface area contributed by atoms with E-state index in [-0.39, 0.29) is 5.56 Å². The molecule has 0 saturated heterocycles. The minimum absolute atomic E-state index is 0.206. The number of fused-ring (bicyclic) bond motifs is 3. The second-order valence-corrected chi connectivity index (χ2v) is 8.44. The number of hydrogen-bond donors (Lipinski definition) is 3. The lowest BCUT2D eigenvalue weighted by molar-refractivity contribution is 0.0696. The predicted molar refractivity (Wildman–Crippen MR) is 136 cm³/mol. The number of benzene rings is 3. The van der Waals surface area contributed by atoms with Gasteiger partial charge in [0, 0.05) is 33.6 Å². The first-order valence-corrected chi connectivity index (χ1v) is 11.1. The van der Waals surface area contributed by atoms with E-state index in [1.54, 1.807) is 30.5 Å². The van der Waals surface area contributed by atoms with Crippen molar-refractivity contribution in [3.8, 4) is 11.1 Å². The average Bonchev–Trinajstić information content (AvgIpc) is 3.00. The largest absolute Gasteiger partial charge is 0.478 e. The molecule has 0 aliphatic carbocycles. The molecule has 3 aromatic carbocycles. The zero-order valence-corrected chi connectivity index (χ0v) is 19.1. The molecule has 4 N–H and O–H groups in total. The molecule has 4 aromatic rings. The molecule has 0 radical (unpaired) electrons. The Morgan fingerprint density at radius 2 is 1.69 bits per heavy atom. The molecule has 0 unspecified atom stereocenters. The molecule has 1 aromatic heterocycles. The Kier molecular flexibility index (Phi) is 5.76. The number of carboxylic acid groups (broad SMARTS) is 1. The van der Waals surface area contributed by atoms with Crippen LogP contribution in [0.5, 0.6) is 0 Å². The van der Waals surface area contributed by atoms with Crippen molar-refractivity contribution in [2.24, 2.45) is 10.7 Å². The number of primary amides is 1. The SMILES string of the molecule is NC(=O)c1ccccc1C1=NCc2cnc(Nc3ccc(C(=O)O)cc3)cc2-c2ccc(Cl)cc21. The smallest absolute Gasteiger partial charge is 0.335 e. The predicted octanol–water partition coefficient (Wildman–Crippen LogP) is 5.29. The number of hydrogen-bond acceptors (Lipinski definition) is 5. The van der Waals surface area contributed by atoms with Gasteiger partial charge in [0.25, 0.3) is 0 Å². The third kappa shape index (κ3) is 4.37. The van der Waals surface area contributed by atoms with E-state index in [0.29, 0.717) is 39.9 Å². The van der Waals surface area contributed by atoms with E-state index < -0.39 is 11.9 Å². The second-order valence-electron chi connectivity index (χ2n) is 8.00. The molecule has 2 heterocycles. The van der Waals surface area contributed by atoms with Gasteiger partial charge in [-0.15, -0.1) is 0 Å². The quantitative estimate of drug-likeness (QED) is 0.357. The fraction of sp³-hybridized carbons (Fsp3) is 0.0370. The normalized spacial score (nSPS) is 12.1. The number of aliphatic imine (C=N–C) groups is 1. The topological polar surface area (TPSA) is 118 Å². The molecule has 1 amide bonds. The number of aromatic carboxylic acids is 1. The number of aromatic nitrogens is 1. The third-order valence-electron chi connectivity index (χ3n) is 5.77. The van der Waals surface area contributed by atoms with Crippen LogP contribution >= 0.6 is 11.6 Å². The molecule has 7 nitrogen and oxygen atoms in total. The summed E-state index contributed by atoms with van der Waals surface area (Å²) in [5.41, 5.74) is 11.7. The van der Waals surface area contributed by atoms with Crippen molar-refractivity contribution in [1.29, 1.82) is 0 Å². The van der Waals surface area contributed by atoms with Crippen molar-refractivity contribution in [2.75, 3.05) is 5.32 Å². The van der Waals surface area contributed by atoms with Gasteiger partial charge >= 0.3 is 5.97 Å². The Bertz CT molecular complexity index is 1510. The summed E-state index contributed by atoms with van der Waals surface area (Å²) in [4.78, 5) is 32.6. The molecule has 0 bridgehead atoms. The van der Waals surface area contributed by atoms with Gasteiger partial charge in [0.05, 0.1) is 17.8 Å². The number of nitrogens with one attached hydrogen (secondary N) is 1. The average molecular weight is 483 g/mol. The highest BCUT2D eigenvalue weighted by molar-refractivity contribution is 6.32. The summed E-state index contributed by atoms with van der Waals surface area (Å²) in [6.45, 7) is 0.352. The summed E-state index contributed by atoms with van der Waals surface area (Å²) in [6.07, 6.45) is 1.76. The maximum atomic E-state index is 12.1. The lowest BCUT2D eigenvalue weighted by Crippen LogP contribution is -2.17. The number of amides is 1. The van der Waals surface area contributed by atoms with E-state index in [2.05, 4.69) is 10.3 Å². The van der Waals surface area contributed by atoms with E-state index in [1.165, 1.54) is 12.1 Å². The summed E-state index contributed by atoms with van der Waals surface area (Å²) in [5.74, 6) is -0.923. The summed E-state index contributed by atoms with van der Waals surface area (Å²) >= 11 is 6.37. The first-order valence-electron chi connectivity index (χ1n) is 10.7. The monoisotopic (exact) mass is 482 g/mol. The van der Waals surface area contributed by atoms with Gasteiger partial charge in [-0.3, -0.25) is 9.79 Å².